The van der Waals surface area contributed by atoms with E-state index < -0.39 is 0 Å². The number of aromatic nitrogens is 6. The Labute approximate surface area is 113 Å². The normalized spacial score (nSPS) is 10.4. The van der Waals surface area contributed by atoms with Gasteiger partial charge in [0.1, 0.15) is 0 Å². The van der Waals surface area contributed by atoms with Gasteiger partial charge in [0.25, 0.3) is 5.91 Å². The zero-order valence-electron chi connectivity index (χ0n) is 10.4. The summed E-state index contributed by atoms with van der Waals surface area (Å²) in [7, 11) is 0. The summed E-state index contributed by atoms with van der Waals surface area (Å²) < 4.78 is 0. The summed E-state index contributed by atoms with van der Waals surface area (Å²) >= 11 is 0. The first-order chi connectivity index (χ1) is 9.83. The van der Waals surface area contributed by atoms with Gasteiger partial charge in [0.2, 0.25) is 5.82 Å². The fourth-order valence-corrected chi connectivity index (χ4v) is 1.74. The third-order valence-corrected chi connectivity index (χ3v) is 2.74. The maximum absolute atomic E-state index is 12.1. The number of hydrogen-bond donors (Lipinski definition) is 3. The number of amides is 1. The van der Waals surface area contributed by atoms with Gasteiger partial charge in [0.15, 0.2) is 0 Å². The SMILES string of the molecule is O=C(NCc1cn[nH]c1)c1cccc(-c2nn[nH]n2)c1. The first kappa shape index (κ1) is 12.0. The fourth-order valence-electron chi connectivity index (χ4n) is 1.74. The van der Waals surface area contributed by atoms with Crippen molar-refractivity contribution in [3.63, 3.8) is 0 Å². The van der Waals surface area contributed by atoms with Gasteiger partial charge < -0.3 is 5.32 Å². The Kier molecular flexibility index (Phi) is 3.19. The van der Waals surface area contributed by atoms with Crippen molar-refractivity contribution in [2.75, 3.05) is 0 Å². The van der Waals surface area contributed by atoms with Crippen LogP contribution in [0, 0.1) is 0 Å². The average Bonchev–Trinajstić information content (AvgIpc) is 3.18. The Balaban J connectivity index is 1.73. The molecule has 2 aromatic heterocycles. The number of hydrogen-bond acceptors (Lipinski definition) is 5. The van der Waals surface area contributed by atoms with Gasteiger partial charge in [-0.05, 0) is 17.3 Å². The van der Waals surface area contributed by atoms with E-state index in [1.54, 1.807) is 30.6 Å². The number of nitrogens with one attached hydrogen (secondary N) is 3. The van der Waals surface area contributed by atoms with Gasteiger partial charge in [-0.3, -0.25) is 9.89 Å². The molecule has 0 aliphatic carbocycles. The third kappa shape index (κ3) is 2.53. The molecule has 1 aromatic carbocycles. The van der Waals surface area contributed by atoms with E-state index >= 15 is 0 Å². The lowest BCUT2D eigenvalue weighted by Gasteiger charge is -2.04. The molecule has 2 heterocycles. The average molecular weight is 269 g/mol. The first-order valence-electron chi connectivity index (χ1n) is 5.92. The Morgan fingerprint density at radius 1 is 1.35 bits per heavy atom. The molecule has 0 unspecified atom stereocenters. The minimum atomic E-state index is -0.170. The Morgan fingerprint density at radius 2 is 2.30 bits per heavy atom. The van der Waals surface area contributed by atoms with Crippen LogP contribution in [0.5, 0.6) is 0 Å². The van der Waals surface area contributed by atoms with Crippen molar-refractivity contribution < 1.29 is 4.79 Å². The first-order valence-corrected chi connectivity index (χ1v) is 5.92. The molecule has 3 aromatic rings. The predicted molar refractivity (Wildman–Crippen MR) is 69.4 cm³/mol. The number of rotatable bonds is 4. The van der Waals surface area contributed by atoms with Crippen molar-refractivity contribution >= 4 is 5.91 Å². The maximum atomic E-state index is 12.1. The summed E-state index contributed by atoms with van der Waals surface area (Å²) in [6.07, 6.45) is 3.39. The second kappa shape index (κ2) is 5.31. The largest absolute Gasteiger partial charge is 0.348 e. The molecule has 100 valence electrons. The molecule has 3 rings (SSSR count). The highest BCUT2D eigenvalue weighted by molar-refractivity contribution is 5.95. The molecule has 20 heavy (non-hydrogen) atoms. The zero-order chi connectivity index (χ0) is 13.8. The highest BCUT2D eigenvalue weighted by atomic mass is 16.1. The van der Waals surface area contributed by atoms with Gasteiger partial charge in [0, 0.05) is 29.4 Å². The number of H-pyrrole nitrogens is 2. The predicted octanol–water partition coefficient (Wildman–Crippen LogP) is 0.520. The van der Waals surface area contributed by atoms with E-state index in [0.717, 1.165) is 11.1 Å². The minimum absolute atomic E-state index is 0.170. The lowest BCUT2D eigenvalue weighted by atomic mass is 10.1. The molecule has 0 radical (unpaired) electrons. The van der Waals surface area contributed by atoms with Crippen LogP contribution in [0.4, 0.5) is 0 Å². The van der Waals surface area contributed by atoms with E-state index in [-0.39, 0.29) is 5.91 Å². The summed E-state index contributed by atoms with van der Waals surface area (Å²) in [6.45, 7) is 0.418. The zero-order valence-corrected chi connectivity index (χ0v) is 10.4. The van der Waals surface area contributed by atoms with Crippen LogP contribution in [0.25, 0.3) is 11.4 Å². The fraction of sp³-hybridized carbons (Fsp3) is 0.0833. The molecule has 1 amide bonds. The van der Waals surface area contributed by atoms with E-state index in [1.165, 1.54) is 0 Å². The van der Waals surface area contributed by atoms with Crippen molar-refractivity contribution in [1.82, 2.24) is 36.1 Å². The van der Waals surface area contributed by atoms with E-state index in [0.29, 0.717) is 17.9 Å². The van der Waals surface area contributed by atoms with Gasteiger partial charge in [-0.2, -0.15) is 10.3 Å². The van der Waals surface area contributed by atoms with Gasteiger partial charge in [-0.25, -0.2) is 0 Å². The van der Waals surface area contributed by atoms with Gasteiger partial charge in [-0.1, -0.05) is 12.1 Å². The van der Waals surface area contributed by atoms with Crippen LogP contribution in [-0.4, -0.2) is 36.7 Å². The number of carbonyl (C=O) groups is 1. The summed E-state index contributed by atoms with van der Waals surface area (Å²) in [5, 5.41) is 23.0. The highest BCUT2D eigenvalue weighted by Gasteiger charge is 2.09. The van der Waals surface area contributed by atoms with Crippen LogP contribution in [0.15, 0.2) is 36.7 Å². The molecule has 0 aliphatic heterocycles. The number of benzene rings is 1. The number of nitrogens with zero attached hydrogens (tertiary/aromatic N) is 4. The molecular weight excluding hydrogens is 258 g/mol. The van der Waals surface area contributed by atoms with Crippen molar-refractivity contribution in [1.29, 1.82) is 0 Å². The van der Waals surface area contributed by atoms with E-state index in [1.807, 2.05) is 6.07 Å². The van der Waals surface area contributed by atoms with Gasteiger partial charge >= 0.3 is 0 Å². The summed E-state index contributed by atoms with van der Waals surface area (Å²) in [4.78, 5) is 12.1. The monoisotopic (exact) mass is 269 g/mol. The maximum Gasteiger partial charge on any atom is 0.251 e. The summed E-state index contributed by atoms with van der Waals surface area (Å²) in [5.74, 6) is 0.283. The van der Waals surface area contributed by atoms with Crippen LogP contribution in [0.1, 0.15) is 15.9 Å². The highest BCUT2D eigenvalue weighted by Crippen LogP contribution is 2.14. The quantitative estimate of drug-likeness (QED) is 0.639. The smallest absolute Gasteiger partial charge is 0.251 e. The van der Waals surface area contributed by atoms with Crippen molar-refractivity contribution in [2.24, 2.45) is 0 Å². The molecular formula is C12H11N7O. The standard InChI is InChI=1S/C12H11N7O/c20-12(13-5-8-6-14-15-7-8)10-3-1-2-9(4-10)11-16-18-19-17-11/h1-4,6-7H,5H2,(H,13,20)(H,14,15)(H,16,17,18,19). The van der Waals surface area contributed by atoms with Crippen molar-refractivity contribution in [3.8, 4) is 11.4 Å². The summed E-state index contributed by atoms with van der Waals surface area (Å²) in [5.41, 5.74) is 2.18. The van der Waals surface area contributed by atoms with Crippen LogP contribution in [0.2, 0.25) is 0 Å². The Morgan fingerprint density at radius 3 is 3.05 bits per heavy atom. The minimum Gasteiger partial charge on any atom is -0.348 e. The topological polar surface area (TPSA) is 112 Å². The van der Waals surface area contributed by atoms with Gasteiger partial charge in [0.05, 0.1) is 6.20 Å². The van der Waals surface area contributed by atoms with Crippen molar-refractivity contribution in [3.05, 3.63) is 47.8 Å². The summed E-state index contributed by atoms with van der Waals surface area (Å²) in [6, 6.07) is 7.04. The molecule has 3 N–H and O–H groups in total. The number of carbonyl (C=O) groups excluding carboxylic acids is 1. The van der Waals surface area contributed by atoms with E-state index in [9.17, 15) is 4.79 Å². The second-order valence-electron chi connectivity index (χ2n) is 4.11. The number of tetrazole rings is 1. The Hall–Kier alpha value is -3.03. The molecule has 0 atom stereocenters. The molecule has 0 aliphatic rings. The van der Waals surface area contributed by atoms with Crippen LogP contribution >= 0.6 is 0 Å². The molecule has 8 nitrogen and oxygen atoms in total. The number of aromatic amines is 2. The van der Waals surface area contributed by atoms with Gasteiger partial charge in [-0.15, -0.1) is 10.2 Å². The molecule has 0 saturated carbocycles. The molecule has 0 saturated heterocycles. The lowest BCUT2D eigenvalue weighted by molar-refractivity contribution is 0.0951. The molecule has 0 spiro atoms. The van der Waals surface area contributed by atoms with Crippen LogP contribution in [-0.2, 0) is 6.54 Å². The lowest BCUT2D eigenvalue weighted by Crippen LogP contribution is -2.22. The second-order valence-corrected chi connectivity index (χ2v) is 4.11. The van der Waals surface area contributed by atoms with E-state index in [2.05, 4.69) is 36.1 Å². The molecule has 0 bridgehead atoms. The van der Waals surface area contributed by atoms with E-state index in [4.69, 9.17) is 0 Å². The molecule has 0 fully saturated rings. The third-order valence-electron chi connectivity index (χ3n) is 2.74. The van der Waals surface area contributed by atoms with Crippen LogP contribution < -0.4 is 5.32 Å². The van der Waals surface area contributed by atoms with Crippen LogP contribution in [0.3, 0.4) is 0 Å². The molecule has 8 heteroatoms. The Bertz CT molecular complexity index is 690. The van der Waals surface area contributed by atoms with Crippen molar-refractivity contribution in [2.45, 2.75) is 6.54 Å².